The van der Waals surface area contributed by atoms with Gasteiger partial charge in [-0.15, -0.1) is 0 Å². The molecule has 2 N–H and O–H groups in total. The summed E-state index contributed by atoms with van der Waals surface area (Å²) in [6.07, 6.45) is 0.391. The van der Waals surface area contributed by atoms with Crippen LogP contribution in [0.15, 0.2) is 36.4 Å². The van der Waals surface area contributed by atoms with Crippen LogP contribution in [0.5, 0.6) is 11.5 Å². The molecular weight excluding hydrogens is 304 g/mol. The quantitative estimate of drug-likeness (QED) is 0.883. The molecule has 0 bridgehead atoms. The summed E-state index contributed by atoms with van der Waals surface area (Å²) in [6, 6.07) is 11.6. The lowest BCUT2D eigenvalue weighted by Gasteiger charge is -2.19. The predicted molar refractivity (Wildman–Crippen MR) is 95.1 cm³/mol. The molecule has 1 aliphatic heterocycles. The number of carbonyl (C=O) groups is 1. The van der Waals surface area contributed by atoms with Crippen molar-refractivity contribution in [1.29, 1.82) is 0 Å². The lowest BCUT2D eigenvalue weighted by molar-refractivity contribution is -0.115. The van der Waals surface area contributed by atoms with Crippen molar-refractivity contribution >= 4 is 17.3 Å². The molecule has 0 spiro atoms. The molecule has 0 saturated carbocycles. The van der Waals surface area contributed by atoms with Crippen molar-refractivity contribution in [2.24, 2.45) is 0 Å². The van der Waals surface area contributed by atoms with Gasteiger partial charge in [-0.1, -0.05) is 18.2 Å². The van der Waals surface area contributed by atoms with Crippen molar-refractivity contribution in [3.63, 3.8) is 0 Å². The van der Waals surface area contributed by atoms with Crippen LogP contribution in [0.3, 0.4) is 0 Å². The number of rotatable bonds is 5. The zero-order valence-corrected chi connectivity index (χ0v) is 14.0. The SMILES string of the molecule is Cc1cccc(C)c1NCCC(=O)Nc1ccc2c(c1)OCCO2. The van der Waals surface area contributed by atoms with Gasteiger partial charge in [0.15, 0.2) is 11.5 Å². The summed E-state index contributed by atoms with van der Waals surface area (Å²) in [5, 5.41) is 6.24. The molecule has 0 aliphatic carbocycles. The number of anilines is 2. The summed E-state index contributed by atoms with van der Waals surface area (Å²) in [5.74, 6) is 1.36. The van der Waals surface area contributed by atoms with Gasteiger partial charge in [0.05, 0.1) is 0 Å². The minimum absolute atomic E-state index is 0.0367. The Morgan fingerprint density at radius 3 is 2.50 bits per heavy atom. The van der Waals surface area contributed by atoms with Gasteiger partial charge in [0, 0.05) is 30.4 Å². The molecule has 1 amide bonds. The predicted octanol–water partition coefficient (Wildman–Crippen LogP) is 3.52. The first kappa shape index (κ1) is 16.2. The number of amides is 1. The van der Waals surface area contributed by atoms with Gasteiger partial charge in [-0.05, 0) is 37.1 Å². The summed E-state index contributed by atoms with van der Waals surface area (Å²) in [5.41, 5.74) is 4.19. The van der Waals surface area contributed by atoms with Crippen LogP contribution in [-0.4, -0.2) is 25.7 Å². The molecule has 0 unspecified atom stereocenters. The maximum atomic E-state index is 12.1. The van der Waals surface area contributed by atoms with E-state index in [1.54, 1.807) is 6.07 Å². The molecule has 3 rings (SSSR count). The van der Waals surface area contributed by atoms with Gasteiger partial charge < -0.3 is 20.1 Å². The van der Waals surface area contributed by atoms with Crippen LogP contribution >= 0.6 is 0 Å². The number of nitrogens with one attached hydrogen (secondary N) is 2. The van der Waals surface area contributed by atoms with E-state index < -0.39 is 0 Å². The highest BCUT2D eigenvalue weighted by molar-refractivity contribution is 5.91. The molecule has 0 fully saturated rings. The van der Waals surface area contributed by atoms with E-state index in [0.717, 1.165) is 17.1 Å². The third-order valence-corrected chi connectivity index (χ3v) is 3.96. The van der Waals surface area contributed by atoms with Crippen LogP contribution in [0.4, 0.5) is 11.4 Å². The Morgan fingerprint density at radius 2 is 1.75 bits per heavy atom. The number of fused-ring (bicyclic) bond motifs is 1. The van der Waals surface area contributed by atoms with Crippen molar-refractivity contribution in [3.05, 3.63) is 47.5 Å². The Labute approximate surface area is 142 Å². The highest BCUT2D eigenvalue weighted by Gasteiger charge is 2.12. The topological polar surface area (TPSA) is 59.6 Å². The first-order valence-electron chi connectivity index (χ1n) is 8.13. The second-order valence-corrected chi connectivity index (χ2v) is 5.85. The van der Waals surface area contributed by atoms with Gasteiger partial charge in [-0.3, -0.25) is 4.79 Å². The zero-order valence-electron chi connectivity index (χ0n) is 14.0. The number of benzene rings is 2. The van der Waals surface area contributed by atoms with E-state index in [-0.39, 0.29) is 5.91 Å². The van der Waals surface area contributed by atoms with Crippen LogP contribution < -0.4 is 20.1 Å². The lowest BCUT2D eigenvalue weighted by atomic mass is 10.1. The number of carbonyl (C=O) groups excluding carboxylic acids is 1. The maximum absolute atomic E-state index is 12.1. The van der Waals surface area contributed by atoms with Gasteiger partial charge in [0.1, 0.15) is 13.2 Å². The number of para-hydroxylation sites is 1. The van der Waals surface area contributed by atoms with E-state index in [1.807, 2.05) is 18.2 Å². The lowest BCUT2D eigenvalue weighted by Crippen LogP contribution is -2.18. The van der Waals surface area contributed by atoms with Gasteiger partial charge in [-0.2, -0.15) is 0 Å². The third kappa shape index (κ3) is 3.79. The molecule has 24 heavy (non-hydrogen) atoms. The van der Waals surface area contributed by atoms with Gasteiger partial charge >= 0.3 is 0 Å². The molecule has 2 aromatic carbocycles. The third-order valence-electron chi connectivity index (χ3n) is 3.96. The summed E-state index contributed by atoms with van der Waals surface area (Å²) in [4.78, 5) is 12.1. The average Bonchev–Trinajstić information content (AvgIpc) is 2.57. The Bertz CT molecular complexity index is 723. The molecule has 5 heteroatoms. The molecular formula is C19H22N2O3. The van der Waals surface area contributed by atoms with Crippen LogP contribution in [0.2, 0.25) is 0 Å². The fourth-order valence-electron chi connectivity index (χ4n) is 2.74. The second-order valence-electron chi connectivity index (χ2n) is 5.85. The van der Waals surface area contributed by atoms with Crippen molar-refractivity contribution in [3.8, 4) is 11.5 Å². The van der Waals surface area contributed by atoms with Crippen LogP contribution in [-0.2, 0) is 4.79 Å². The Balaban J connectivity index is 1.53. The molecule has 1 heterocycles. The number of aryl methyl sites for hydroxylation is 2. The monoisotopic (exact) mass is 326 g/mol. The maximum Gasteiger partial charge on any atom is 0.226 e. The highest BCUT2D eigenvalue weighted by atomic mass is 16.6. The minimum atomic E-state index is -0.0367. The van der Waals surface area contributed by atoms with Crippen molar-refractivity contribution in [1.82, 2.24) is 0 Å². The molecule has 0 aromatic heterocycles. The Hall–Kier alpha value is -2.69. The standard InChI is InChI=1S/C19H22N2O3/c1-13-4-3-5-14(2)19(13)20-9-8-18(22)21-15-6-7-16-17(12-15)24-11-10-23-16/h3-7,12,20H,8-11H2,1-2H3,(H,21,22). The summed E-state index contributed by atoms with van der Waals surface area (Å²) in [6.45, 7) is 5.80. The van der Waals surface area contributed by atoms with E-state index in [0.29, 0.717) is 31.9 Å². The molecule has 0 atom stereocenters. The van der Waals surface area contributed by atoms with E-state index >= 15 is 0 Å². The minimum Gasteiger partial charge on any atom is -0.486 e. The van der Waals surface area contributed by atoms with E-state index in [1.165, 1.54) is 11.1 Å². The normalized spacial score (nSPS) is 12.6. The highest BCUT2D eigenvalue weighted by Crippen LogP contribution is 2.32. The first-order valence-corrected chi connectivity index (χ1v) is 8.13. The smallest absolute Gasteiger partial charge is 0.226 e. The molecule has 0 radical (unpaired) electrons. The molecule has 126 valence electrons. The Morgan fingerprint density at radius 1 is 1.04 bits per heavy atom. The van der Waals surface area contributed by atoms with Crippen molar-refractivity contribution in [2.45, 2.75) is 20.3 Å². The van der Waals surface area contributed by atoms with Gasteiger partial charge in [-0.25, -0.2) is 0 Å². The van der Waals surface area contributed by atoms with Gasteiger partial charge in [0.2, 0.25) is 5.91 Å². The molecule has 2 aromatic rings. The molecule has 1 aliphatic rings. The van der Waals surface area contributed by atoms with Crippen molar-refractivity contribution in [2.75, 3.05) is 30.4 Å². The number of hydrogen-bond acceptors (Lipinski definition) is 4. The van der Waals surface area contributed by atoms with Crippen LogP contribution in [0, 0.1) is 13.8 Å². The Kier molecular flexibility index (Phi) is 4.89. The molecule has 5 nitrogen and oxygen atoms in total. The first-order chi connectivity index (χ1) is 11.6. The summed E-state index contributed by atoms with van der Waals surface area (Å²) in [7, 11) is 0. The van der Waals surface area contributed by atoms with Gasteiger partial charge in [0.25, 0.3) is 0 Å². The molecule has 0 saturated heterocycles. The second kappa shape index (κ2) is 7.25. The van der Waals surface area contributed by atoms with E-state index in [4.69, 9.17) is 9.47 Å². The fourth-order valence-corrected chi connectivity index (χ4v) is 2.74. The largest absolute Gasteiger partial charge is 0.486 e. The summed E-state index contributed by atoms with van der Waals surface area (Å²) < 4.78 is 11.0. The zero-order chi connectivity index (χ0) is 16.9. The van der Waals surface area contributed by atoms with E-state index in [2.05, 4.69) is 36.6 Å². The fraction of sp³-hybridized carbons (Fsp3) is 0.316. The average molecular weight is 326 g/mol. The van der Waals surface area contributed by atoms with E-state index in [9.17, 15) is 4.79 Å². The van der Waals surface area contributed by atoms with Crippen molar-refractivity contribution < 1.29 is 14.3 Å². The van der Waals surface area contributed by atoms with Crippen LogP contribution in [0.1, 0.15) is 17.5 Å². The van der Waals surface area contributed by atoms with Crippen LogP contribution in [0.25, 0.3) is 0 Å². The number of ether oxygens (including phenoxy) is 2. The summed E-state index contributed by atoms with van der Waals surface area (Å²) >= 11 is 0. The number of hydrogen-bond donors (Lipinski definition) is 2.